The van der Waals surface area contributed by atoms with Crippen molar-refractivity contribution in [3.63, 3.8) is 0 Å². The van der Waals surface area contributed by atoms with Crippen LogP contribution >= 0.6 is 0 Å². The number of carbonyl (C=O) groups excluding carboxylic acids is 1. The Bertz CT molecular complexity index is 1400. The van der Waals surface area contributed by atoms with Gasteiger partial charge in [-0.2, -0.15) is 5.10 Å². The lowest BCUT2D eigenvalue weighted by Gasteiger charge is -2.26. The number of amides is 1. The van der Waals surface area contributed by atoms with E-state index < -0.39 is 0 Å². The maximum Gasteiger partial charge on any atom is 0.254 e. The summed E-state index contributed by atoms with van der Waals surface area (Å²) in [5.41, 5.74) is 2.85. The summed E-state index contributed by atoms with van der Waals surface area (Å²) in [7, 11) is 1.60. The van der Waals surface area contributed by atoms with Crippen LogP contribution in [-0.4, -0.2) is 47.0 Å². The first kappa shape index (κ1) is 26.4. The summed E-state index contributed by atoms with van der Waals surface area (Å²) in [4.78, 5) is 15.5. The van der Waals surface area contributed by atoms with Crippen LogP contribution < -0.4 is 9.47 Å². The molecule has 3 aromatic carbocycles. The molecule has 0 spiro atoms. The summed E-state index contributed by atoms with van der Waals surface area (Å²) < 4.78 is 33.4. The monoisotopic (exact) mass is 529 g/mol. The van der Waals surface area contributed by atoms with Crippen molar-refractivity contribution in [1.29, 1.82) is 0 Å². The molecule has 0 saturated carbocycles. The molecule has 0 radical (unpaired) electrons. The highest BCUT2D eigenvalue weighted by Crippen LogP contribution is 2.36. The Hall–Kier alpha value is -4.17. The second-order valence-corrected chi connectivity index (χ2v) is 9.41. The van der Waals surface area contributed by atoms with Crippen molar-refractivity contribution >= 4 is 5.91 Å². The van der Waals surface area contributed by atoms with Crippen LogP contribution in [0.2, 0.25) is 0 Å². The molecule has 0 unspecified atom stereocenters. The minimum Gasteiger partial charge on any atom is -0.493 e. The van der Waals surface area contributed by atoms with Gasteiger partial charge in [0.15, 0.2) is 11.5 Å². The minimum atomic E-state index is -0.387. The topological polar surface area (TPSA) is 65.8 Å². The molecule has 39 heavy (non-hydrogen) atoms. The number of nitrogens with zero attached hydrogens (tertiary/aromatic N) is 3. The molecule has 2 heterocycles. The van der Waals surface area contributed by atoms with Gasteiger partial charge in [0.05, 0.1) is 36.7 Å². The Balaban J connectivity index is 1.59. The van der Waals surface area contributed by atoms with Crippen LogP contribution in [0.15, 0.2) is 78.9 Å². The van der Waals surface area contributed by atoms with Gasteiger partial charge in [-0.1, -0.05) is 37.3 Å². The fourth-order valence-electron chi connectivity index (χ4n) is 4.80. The van der Waals surface area contributed by atoms with Gasteiger partial charge in [-0.25, -0.2) is 9.07 Å². The molecule has 1 aliphatic rings. The maximum atomic E-state index is 13.8. The third kappa shape index (κ3) is 5.96. The molecule has 1 atom stereocenters. The Kier molecular flexibility index (Phi) is 8.22. The number of benzene rings is 3. The number of ether oxygens (including phenoxy) is 3. The van der Waals surface area contributed by atoms with Gasteiger partial charge in [-0.3, -0.25) is 4.79 Å². The van der Waals surface area contributed by atoms with Gasteiger partial charge < -0.3 is 19.1 Å². The lowest BCUT2D eigenvalue weighted by atomic mass is 10.1. The van der Waals surface area contributed by atoms with Gasteiger partial charge >= 0.3 is 0 Å². The molecular weight excluding hydrogens is 497 g/mol. The van der Waals surface area contributed by atoms with E-state index in [1.54, 1.807) is 16.7 Å². The highest BCUT2D eigenvalue weighted by atomic mass is 19.1. The van der Waals surface area contributed by atoms with Gasteiger partial charge in [0, 0.05) is 18.7 Å². The van der Waals surface area contributed by atoms with Crippen molar-refractivity contribution in [2.75, 3.05) is 20.3 Å². The van der Waals surface area contributed by atoms with Crippen LogP contribution in [0, 0.1) is 5.82 Å². The highest BCUT2D eigenvalue weighted by molar-refractivity contribution is 5.94. The zero-order chi connectivity index (χ0) is 27.2. The average Bonchev–Trinajstić information content (AvgIpc) is 3.61. The molecule has 0 aliphatic carbocycles. The third-order valence-corrected chi connectivity index (χ3v) is 6.81. The van der Waals surface area contributed by atoms with Crippen molar-refractivity contribution < 1.29 is 23.4 Å². The van der Waals surface area contributed by atoms with E-state index >= 15 is 0 Å². The van der Waals surface area contributed by atoms with E-state index in [2.05, 4.69) is 0 Å². The van der Waals surface area contributed by atoms with Crippen LogP contribution in [0.25, 0.3) is 5.69 Å². The number of halogens is 1. The van der Waals surface area contributed by atoms with Crippen LogP contribution in [-0.2, 0) is 17.7 Å². The molecule has 8 heteroatoms. The molecule has 202 valence electrons. The van der Waals surface area contributed by atoms with Crippen LogP contribution in [0.1, 0.15) is 41.4 Å². The number of aromatic nitrogens is 2. The van der Waals surface area contributed by atoms with E-state index in [1.807, 2.05) is 61.5 Å². The average molecular weight is 530 g/mol. The molecule has 1 aliphatic heterocycles. The van der Waals surface area contributed by atoms with E-state index in [0.29, 0.717) is 42.5 Å². The molecule has 0 bridgehead atoms. The zero-order valence-corrected chi connectivity index (χ0v) is 22.2. The highest BCUT2D eigenvalue weighted by Gasteiger charge is 2.29. The minimum absolute atomic E-state index is 0.0674. The molecule has 0 N–H and O–H groups in total. The summed E-state index contributed by atoms with van der Waals surface area (Å²) in [6, 6.07) is 22.8. The molecule has 1 fully saturated rings. The van der Waals surface area contributed by atoms with Crippen LogP contribution in [0.5, 0.6) is 17.4 Å². The van der Waals surface area contributed by atoms with E-state index in [9.17, 15) is 9.18 Å². The van der Waals surface area contributed by atoms with E-state index in [4.69, 9.17) is 19.3 Å². The first-order valence-electron chi connectivity index (χ1n) is 13.2. The number of hydrogen-bond acceptors (Lipinski definition) is 5. The molecule has 5 rings (SSSR count). The van der Waals surface area contributed by atoms with Crippen LogP contribution in [0.4, 0.5) is 4.39 Å². The molecule has 1 amide bonds. The summed E-state index contributed by atoms with van der Waals surface area (Å²) in [5, 5.41) is 4.91. The van der Waals surface area contributed by atoms with Crippen LogP contribution in [0.3, 0.4) is 0 Å². The predicted octanol–water partition coefficient (Wildman–Crippen LogP) is 6.20. The Morgan fingerprint density at radius 3 is 2.44 bits per heavy atom. The number of hydrogen-bond donors (Lipinski definition) is 0. The summed E-state index contributed by atoms with van der Waals surface area (Å²) >= 11 is 0. The van der Waals surface area contributed by atoms with Crippen molar-refractivity contribution in [2.45, 2.75) is 38.8 Å². The molecule has 4 aromatic rings. The van der Waals surface area contributed by atoms with Crippen molar-refractivity contribution in [2.24, 2.45) is 0 Å². The standard InChI is InChI=1S/C31H32FN3O4/c1-3-27-26(21-34(20-25-12-9-19-38-25)30(36)22-15-17-23(32)18-16-22)31(35(33-27)24-10-5-4-6-11-24)39-29-14-8-7-13-28(29)37-2/h4-8,10-11,13-18,25H,3,9,12,19-21H2,1-2H3/t25-/m0/s1. The molecule has 1 aromatic heterocycles. The number of carbonyl (C=O) groups is 1. The van der Waals surface area contributed by atoms with E-state index in [-0.39, 0.29) is 24.4 Å². The van der Waals surface area contributed by atoms with Gasteiger partial charge in [-0.15, -0.1) is 0 Å². The lowest BCUT2D eigenvalue weighted by Crippen LogP contribution is -2.37. The van der Waals surface area contributed by atoms with E-state index in [0.717, 1.165) is 29.8 Å². The molecule has 1 saturated heterocycles. The fourth-order valence-corrected chi connectivity index (χ4v) is 4.80. The maximum absolute atomic E-state index is 13.8. The van der Waals surface area contributed by atoms with Crippen molar-refractivity contribution in [3.05, 3.63) is 102 Å². The SMILES string of the molecule is CCc1nn(-c2ccccc2)c(Oc2ccccc2OC)c1CN(C[C@@H]1CCCO1)C(=O)c1ccc(F)cc1. The fraction of sp³-hybridized carbons (Fsp3) is 0.290. The quantitative estimate of drug-likeness (QED) is 0.245. The second kappa shape index (κ2) is 12.1. The Morgan fingerprint density at radius 2 is 1.77 bits per heavy atom. The molecular formula is C31H32FN3O4. The first-order chi connectivity index (χ1) is 19.1. The predicted molar refractivity (Wildman–Crippen MR) is 146 cm³/mol. The third-order valence-electron chi connectivity index (χ3n) is 6.81. The molecule has 7 nitrogen and oxygen atoms in total. The first-order valence-corrected chi connectivity index (χ1v) is 13.2. The largest absolute Gasteiger partial charge is 0.493 e. The summed E-state index contributed by atoms with van der Waals surface area (Å²) in [6.07, 6.45) is 2.40. The van der Waals surface area contributed by atoms with Crippen molar-refractivity contribution in [3.8, 4) is 23.1 Å². The number of aryl methyl sites for hydroxylation is 1. The van der Waals surface area contributed by atoms with Gasteiger partial charge in [-0.05, 0) is 67.8 Å². The number of rotatable bonds is 10. The van der Waals surface area contributed by atoms with Crippen molar-refractivity contribution in [1.82, 2.24) is 14.7 Å². The lowest BCUT2D eigenvalue weighted by molar-refractivity contribution is 0.0505. The Morgan fingerprint density at radius 1 is 1.05 bits per heavy atom. The zero-order valence-electron chi connectivity index (χ0n) is 22.2. The number of methoxy groups -OCH3 is 1. The smallest absolute Gasteiger partial charge is 0.254 e. The van der Waals surface area contributed by atoms with Gasteiger partial charge in [0.1, 0.15) is 5.82 Å². The second-order valence-electron chi connectivity index (χ2n) is 9.41. The summed E-state index contributed by atoms with van der Waals surface area (Å²) in [5.74, 6) is 1.04. The van der Waals surface area contributed by atoms with Gasteiger partial charge in [0.25, 0.3) is 5.91 Å². The normalized spacial score (nSPS) is 14.8. The number of para-hydroxylation sites is 3. The summed E-state index contributed by atoms with van der Waals surface area (Å²) in [6.45, 7) is 3.36. The van der Waals surface area contributed by atoms with E-state index in [1.165, 1.54) is 24.3 Å². The Labute approximate surface area is 227 Å². The van der Waals surface area contributed by atoms with Gasteiger partial charge in [0.2, 0.25) is 5.88 Å².